The van der Waals surface area contributed by atoms with Crippen LogP contribution >= 0.6 is 11.3 Å². The summed E-state index contributed by atoms with van der Waals surface area (Å²) in [6, 6.07) is 2.07. The van der Waals surface area contributed by atoms with Crippen molar-refractivity contribution >= 4 is 17.2 Å². The van der Waals surface area contributed by atoms with Crippen LogP contribution in [0.2, 0.25) is 0 Å². The second kappa shape index (κ2) is 5.41. The molecule has 0 bridgehead atoms. The van der Waals surface area contributed by atoms with E-state index in [4.69, 9.17) is 0 Å². The molecule has 0 spiro atoms. The van der Waals surface area contributed by atoms with E-state index in [9.17, 15) is 9.90 Å². The van der Waals surface area contributed by atoms with Crippen LogP contribution in [0.15, 0.2) is 11.4 Å². The summed E-state index contributed by atoms with van der Waals surface area (Å²) >= 11 is 1.75. The molecule has 4 heteroatoms. The zero-order valence-corrected chi connectivity index (χ0v) is 11.8. The van der Waals surface area contributed by atoms with Gasteiger partial charge >= 0.3 is 0 Å². The fraction of sp³-hybridized carbons (Fsp3) is 0.643. The second-order valence-corrected chi connectivity index (χ2v) is 6.31. The third-order valence-electron chi connectivity index (χ3n) is 3.77. The van der Waals surface area contributed by atoms with Crippen LogP contribution in [-0.4, -0.2) is 23.2 Å². The van der Waals surface area contributed by atoms with Gasteiger partial charge in [-0.15, -0.1) is 11.3 Å². The Hall–Kier alpha value is -0.870. The standard InChI is InChI=1S/C14H21NO2S/c1-3-14(2,17)9-15-13(16)11-5-4-6-12-10(11)7-8-18-12/h7-8,11,17H,3-6,9H2,1-2H3,(H,15,16). The maximum atomic E-state index is 12.2. The topological polar surface area (TPSA) is 49.3 Å². The normalized spacial score (nSPS) is 22.1. The fourth-order valence-corrected chi connectivity index (χ4v) is 3.27. The molecular formula is C14H21NO2S. The van der Waals surface area contributed by atoms with Crippen molar-refractivity contribution in [2.24, 2.45) is 0 Å². The van der Waals surface area contributed by atoms with Crippen molar-refractivity contribution in [3.05, 3.63) is 21.9 Å². The molecule has 0 radical (unpaired) electrons. The van der Waals surface area contributed by atoms with Gasteiger partial charge < -0.3 is 10.4 Å². The third kappa shape index (κ3) is 2.93. The number of carbonyl (C=O) groups excluding carboxylic acids is 1. The molecular weight excluding hydrogens is 246 g/mol. The molecule has 0 saturated heterocycles. The number of aliphatic hydroxyl groups is 1. The van der Waals surface area contributed by atoms with E-state index in [1.54, 1.807) is 18.3 Å². The number of amides is 1. The van der Waals surface area contributed by atoms with Crippen molar-refractivity contribution in [3.8, 4) is 0 Å². The lowest BCUT2D eigenvalue weighted by molar-refractivity contribution is -0.124. The summed E-state index contributed by atoms with van der Waals surface area (Å²) in [6.07, 6.45) is 3.74. The Labute approximate surface area is 112 Å². The summed E-state index contributed by atoms with van der Waals surface area (Å²) in [5.74, 6) is 0.0377. The first-order chi connectivity index (χ1) is 8.53. The summed E-state index contributed by atoms with van der Waals surface area (Å²) in [4.78, 5) is 13.6. The number of thiophene rings is 1. The van der Waals surface area contributed by atoms with Crippen molar-refractivity contribution < 1.29 is 9.90 Å². The average Bonchev–Trinajstić information content (AvgIpc) is 2.84. The fourth-order valence-electron chi connectivity index (χ4n) is 2.28. The van der Waals surface area contributed by atoms with Crippen LogP contribution in [0.3, 0.4) is 0 Å². The number of rotatable bonds is 4. The van der Waals surface area contributed by atoms with E-state index < -0.39 is 5.60 Å². The molecule has 3 nitrogen and oxygen atoms in total. The Morgan fingerprint density at radius 1 is 1.67 bits per heavy atom. The second-order valence-electron chi connectivity index (χ2n) is 5.31. The SMILES string of the molecule is CCC(C)(O)CNC(=O)C1CCCc2sccc21. The van der Waals surface area contributed by atoms with E-state index in [2.05, 4.69) is 16.8 Å². The molecule has 1 aromatic rings. The summed E-state index contributed by atoms with van der Waals surface area (Å²) in [7, 11) is 0. The molecule has 1 heterocycles. The summed E-state index contributed by atoms with van der Waals surface area (Å²) < 4.78 is 0. The van der Waals surface area contributed by atoms with Gasteiger partial charge in [0.25, 0.3) is 0 Å². The van der Waals surface area contributed by atoms with Crippen LogP contribution in [0.5, 0.6) is 0 Å². The molecule has 2 atom stereocenters. The monoisotopic (exact) mass is 267 g/mol. The number of hydrogen-bond acceptors (Lipinski definition) is 3. The minimum Gasteiger partial charge on any atom is -0.388 e. The molecule has 1 aliphatic rings. The Morgan fingerprint density at radius 3 is 3.17 bits per heavy atom. The number of fused-ring (bicyclic) bond motifs is 1. The van der Waals surface area contributed by atoms with Crippen molar-refractivity contribution in [2.45, 2.75) is 51.0 Å². The van der Waals surface area contributed by atoms with Gasteiger partial charge in [0, 0.05) is 11.4 Å². The minimum absolute atomic E-state index is 0.0207. The lowest BCUT2D eigenvalue weighted by atomic mass is 9.87. The maximum Gasteiger partial charge on any atom is 0.227 e. The molecule has 0 aromatic carbocycles. The van der Waals surface area contributed by atoms with Gasteiger partial charge in [-0.3, -0.25) is 4.79 Å². The van der Waals surface area contributed by atoms with E-state index >= 15 is 0 Å². The highest BCUT2D eigenvalue weighted by Crippen LogP contribution is 2.35. The Kier molecular flexibility index (Phi) is 4.07. The van der Waals surface area contributed by atoms with Gasteiger partial charge in [-0.2, -0.15) is 0 Å². The highest BCUT2D eigenvalue weighted by Gasteiger charge is 2.28. The average molecular weight is 267 g/mol. The Morgan fingerprint density at radius 2 is 2.44 bits per heavy atom. The van der Waals surface area contributed by atoms with Crippen molar-refractivity contribution in [2.75, 3.05) is 6.54 Å². The highest BCUT2D eigenvalue weighted by molar-refractivity contribution is 7.10. The molecule has 2 N–H and O–H groups in total. The van der Waals surface area contributed by atoms with Crippen molar-refractivity contribution in [1.29, 1.82) is 0 Å². The number of aryl methyl sites for hydroxylation is 1. The summed E-state index contributed by atoms with van der Waals surface area (Å²) in [5.41, 5.74) is 0.391. The first-order valence-corrected chi connectivity index (χ1v) is 7.48. The predicted molar refractivity (Wildman–Crippen MR) is 73.9 cm³/mol. The van der Waals surface area contributed by atoms with Crippen LogP contribution in [-0.2, 0) is 11.2 Å². The van der Waals surface area contributed by atoms with E-state index in [1.165, 1.54) is 10.4 Å². The summed E-state index contributed by atoms with van der Waals surface area (Å²) in [5, 5.41) is 14.9. The molecule has 1 aromatic heterocycles. The molecule has 100 valence electrons. The molecule has 18 heavy (non-hydrogen) atoms. The highest BCUT2D eigenvalue weighted by atomic mass is 32.1. The van der Waals surface area contributed by atoms with E-state index in [-0.39, 0.29) is 11.8 Å². The van der Waals surface area contributed by atoms with Crippen molar-refractivity contribution in [3.63, 3.8) is 0 Å². The molecule has 1 aliphatic carbocycles. The van der Waals surface area contributed by atoms with Gasteiger partial charge in [0.1, 0.15) is 0 Å². The van der Waals surface area contributed by atoms with Gasteiger partial charge in [-0.05, 0) is 49.6 Å². The smallest absolute Gasteiger partial charge is 0.227 e. The Balaban J connectivity index is 1.99. The quantitative estimate of drug-likeness (QED) is 0.880. The van der Waals surface area contributed by atoms with Crippen LogP contribution in [0, 0.1) is 0 Å². The third-order valence-corrected chi connectivity index (χ3v) is 4.77. The largest absolute Gasteiger partial charge is 0.388 e. The zero-order valence-electron chi connectivity index (χ0n) is 11.0. The minimum atomic E-state index is -0.804. The molecule has 2 unspecified atom stereocenters. The predicted octanol–water partition coefficient (Wildman–Crippen LogP) is 2.45. The number of nitrogens with one attached hydrogen (secondary N) is 1. The Bertz CT molecular complexity index is 425. The van der Waals surface area contributed by atoms with Gasteiger partial charge in [-0.25, -0.2) is 0 Å². The van der Waals surface area contributed by atoms with Gasteiger partial charge in [0.15, 0.2) is 0 Å². The number of hydrogen-bond donors (Lipinski definition) is 2. The summed E-state index contributed by atoms with van der Waals surface area (Å²) in [6.45, 7) is 4.01. The lowest BCUT2D eigenvalue weighted by Crippen LogP contribution is -2.42. The first kappa shape index (κ1) is 13.6. The first-order valence-electron chi connectivity index (χ1n) is 6.60. The van der Waals surface area contributed by atoms with Crippen LogP contribution in [0.4, 0.5) is 0 Å². The van der Waals surface area contributed by atoms with Gasteiger partial charge in [0.2, 0.25) is 5.91 Å². The molecule has 1 amide bonds. The van der Waals surface area contributed by atoms with E-state index in [0.29, 0.717) is 13.0 Å². The molecule has 0 fully saturated rings. The molecule has 0 aliphatic heterocycles. The van der Waals surface area contributed by atoms with Crippen LogP contribution < -0.4 is 5.32 Å². The molecule has 0 saturated carbocycles. The van der Waals surface area contributed by atoms with E-state index in [1.807, 2.05) is 6.92 Å². The maximum absolute atomic E-state index is 12.2. The van der Waals surface area contributed by atoms with Gasteiger partial charge in [0.05, 0.1) is 11.5 Å². The van der Waals surface area contributed by atoms with Crippen molar-refractivity contribution in [1.82, 2.24) is 5.32 Å². The lowest BCUT2D eigenvalue weighted by Gasteiger charge is -2.25. The van der Waals surface area contributed by atoms with Gasteiger partial charge in [-0.1, -0.05) is 6.92 Å². The van der Waals surface area contributed by atoms with Crippen LogP contribution in [0.1, 0.15) is 49.5 Å². The molecule has 2 rings (SSSR count). The zero-order chi connectivity index (χ0) is 13.2. The van der Waals surface area contributed by atoms with E-state index in [0.717, 1.165) is 19.3 Å². The number of carbonyl (C=O) groups is 1. The van der Waals surface area contributed by atoms with Crippen LogP contribution in [0.25, 0.3) is 0 Å².